The van der Waals surface area contributed by atoms with E-state index in [1.54, 1.807) is 24.3 Å². The zero-order chi connectivity index (χ0) is 21.6. The van der Waals surface area contributed by atoms with E-state index >= 15 is 0 Å². The predicted molar refractivity (Wildman–Crippen MR) is 130 cm³/mol. The first-order valence-corrected chi connectivity index (χ1v) is 15.2. The number of hydrogen-bond donors (Lipinski definition) is 0. The van der Waals surface area contributed by atoms with Crippen molar-refractivity contribution in [3.05, 3.63) is 96.3 Å². The SMILES string of the molecule is CC=CC1=C(C)c2ccccc2P(=O)(SP2(=O)Oc3ccccc3-c3ccccc32)O1. The first-order valence-electron chi connectivity index (χ1n) is 9.88. The molecule has 0 amide bonds. The molecular formula is C24H20O4P2S. The van der Waals surface area contributed by atoms with Gasteiger partial charge in [0.25, 0.3) is 0 Å². The van der Waals surface area contributed by atoms with Gasteiger partial charge >= 0.3 is 13.1 Å². The largest absolute Gasteiger partial charge is 0.432 e. The number of para-hydroxylation sites is 1. The molecule has 0 saturated carbocycles. The van der Waals surface area contributed by atoms with Gasteiger partial charge in [-0.1, -0.05) is 60.7 Å². The summed E-state index contributed by atoms with van der Waals surface area (Å²) in [6.07, 6.45) is 3.63. The molecule has 3 aromatic rings. The van der Waals surface area contributed by atoms with E-state index < -0.39 is 13.1 Å². The molecule has 4 nitrogen and oxygen atoms in total. The minimum Gasteiger partial charge on any atom is -0.432 e. The molecule has 5 rings (SSSR count). The van der Waals surface area contributed by atoms with Crippen molar-refractivity contribution in [1.29, 1.82) is 0 Å². The fourth-order valence-corrected chi connectivity index (χ4v) is 14.8. The van der Waals surface area contributed by atoms with Crippen LogP contribution in [0, 0.1) is 0 Å². The van der Waals surface area contributed by atoms with Crippen LogP contribution < -0.4 is 15.1 Å². The lowest BCUT2D eigenvalue weighted by atomic mass is 10.0. The summed E-state index contributed by atoms with van der Waals surface area (Å²) in [5, 5.41) is 1.11. The number of rotatable bonds is 3. The van der Waals surface area contributed by atoms with Crippen molar-refractivity contribution in [2.24, 2.45) is 0 Å². The van der Waals surface area contributed by atoms with Crippen LogP contribution in [0.2, 0.25) is 0 Å². The van der Waals surface area contributed by atoms with E-state index in [0.29, 0.717) is 22.1 Å². The molecule has 0 N–H and O–H groups in total. The fourth-order valence-electron chi connectivity index (χ4n) is 3.87. The number of allylic oxidation sites excluding steroid dienone is 3. The Morgan fingerprint density at radius 2 is 1.29 bits per heavy atom. The molecule has 2 unspecified atom stereocenters. The van der Waals surface area contributed by atoms with Crippen molar-refractivity contribution in [1.82, 2.24) is 0 Å². The summed E-state index contributed by atoms with van der Waals surface area (Å²) in [5.74, 6) is 1.05. The second-order valence-electron chi connectivity index (χ2n) is 7.28. The minimum absolute atomic E-state index is 0.523. The Hall–Kier alpha value is -2.45. The number of benzene rings is 3. The van der Waals surface area contributed by atoms with Crippen molar-refractivity contribution >= 4 is 40.3 Å². The normalized spacial score (nSPS) is 24.1. The highest BCUT2D eigenvalue weighted by Crippen LogP contribution is 2.80. The molecule has 0 spiro atoms. The van der Waals surface area contributed by atoms with Crippen LogP contribution in [-0.4, -0.2) is 0 Å². The van der Waals surface area contributed by atoms with Gasteiger partial charge in [0.05, 0.1) is 21.6 Å². The van der Waals surface area contributed by atoms with Crippen molar-refractivity contribution < 1.29 is 18.2 Å². The summed E-state index contributed by atoms with van der Waals surface area (Å²) in [5.41, 5.74) is 3.44. The fraction of sp³-hybridized carbons (Fsp3) is 0.0833. The van der Waals surface area contributed by atoms with Crippen LogP contribution >= 0.6 is 24.1 Å². The summed E-state index contributed by atoms with van der Waals surface area (Å²) in [7, 11) is 0. The van der Waals surface area contributed by atoms with Crippen molar-refractivity contribution in [2.75, 3.05) is 0 Å². The second-order valence-corrected chi connectivity index (χ2v) is 15.6. The molecule has 0 radical (unpaired) electrons. The van der Waals surface area contributed by atoms with Crippen LogP contribution in [-0.2, 0) is 13.7 Å². The average molecular weight is 466 g/mol. The summed E-state index contributed by atoms with van der Waals surface area (Å²) < 4.78 is 40.8. The Labute approximate surface area is 185 Å². The highest BCUT2D eigenvalue weighted by Gasteiger charge is 2.48. The van der Waals surface area contributed by atoms with Crippen molar-refractivity contribution in [3.8, 4) is 16.9 Å². The molecule has 7 heteroatoms. The first-order chi connectivity index (χ1) is 15.0. The van der Waals surface area contributed by atoms with Crippen LogP contribution in [0.25, 0.3) is 16.7 Å². The molecule has 0 fully saturated rings. The third-order valence-corrected chi connectivity index (χ3v) is 15.4. The van der Waals surface area contributed by atoms with Gasteiger partial charge in [-0.25, -0.2) is 0 Å². The monoisotopic (exact) mass is 466 g/mol. The summed E-state index contributed by atoms with van der Waals surface area (Å²) in [6, 6.07) is 22.4. The third-order valence-electron chi connectivity index (χ3n) is 5.32. The molecular weight excluding hydrogens is 446 g/mol. The molecule has 31 heavy (non-hydrogen) atoms. The third kappa shape index (κ3) is 3.32. The van der Waals surface area contributed by atoms with E-state index in [4.69, 9.17) is 9.05 Å². The minimum atomic E-state index is -3.61. The van der Waals surface area contributed by atoms with Crippen molar-refractivity contribution in [3.63, 3.8) is 0 Å². The van der Waals surface area contributed by atoms with Gasteiger partial charge in [-0.05, 0) is 49.3 Å². The number of hydrogen-bond acceptors (Lipinski definition) is 5. The van der Waals surface area contributed by atoms with E-state index in [9.17, 15) is 9.13 Å². The van der Waals surface area contributed by atoms with Gasteiger partial charge < -0.3 is 9.05 Å². The van der Waals surface area contributed by atoms with Crippen LogP contribution in [0.15, 0.2) is 90.7 Å². The second kappa shape index (κ2) is 7.60. The molecule has 2 aliphatic rings. The Morgan fingerprint density at radius 3 is 2.00 bits per heavy atom. The van der Waals surface area contributed by atoms with Crippen LogP contribution in [0.4, 0.5) is 0 Å². The van der Waals surface area contributed by atoms with E-state index in [-0.39, 0.29) is 0 Å². The van der Waals surface area contributed by atoms with Crippen LogP contribution in [0.3, 0.4) is 0 Å². The standard InChI is InChI=1S/C24H20O4P2S/c1-3-10-21-17(2)18-11-5-8-15-23(18)29(25,27-21)31-30(26)24-16-9-6-13-20(24)19-12-4-7-14-22(19)28-30/h3-16H,1-2H3. The lowest BCUT2D eigenvalue weighted by molar-refractivity contribution is 0.440. The van der Waals surface area contributed by atoms with E-state index in [2.05, 4.69) is 0 Å². The van der Waals surface area contributed by atoms with E-state index in [1.807, 2.05) is 74.5 Å². The number of fused-ring (bicyclic) bond motifs is 4. The van der Waals surface area contributed by atoms with Gasteiger partial charge in [0.1, 0.15) is 11.5 Å². The Kier molecular flexibility index (Phi) is 5.01. The molecule has 2 atom stereocenters. The highest BCUT2D eigenvalue weighted by molar-refractivity contribution is 8.88. The molecule has 0 aliphatic carbocycles. The Balaban J connectivity index is 1.66. The lowest BCUT2D eigenvalue weighted by Crippen LogP contribution is -2.19. The molecule has 3 aromatic carbocycles. The molecule has 2 heterocycles. The maximum absolute atomic E-state index is 14.3. The quantitative estimate of drug-likeness (QED) is 0.384. The van der Waals surface area contributed by atoms with Gasteiger partial charge in [-0.15, -0.1) is 0 Å². The van der Waals surface area contributed by atoms with Crippen LogP contribution in [0.5, 0.6) is 5.75 Å². The summed E-state index contributed by atoms with van der Waals surface area (Å²) in [6.45, 7) is -3.40. The van der Waals surface area contributed by atoms with E-state index in [0.717, 1.165) is 33.3 Å². The smallest absolute Gasteiger partial charge is 0.344 e. The summed E-state index contributed by atoms with van der Waals surface area (Å²) >= 11 is 0.825. The van der Waals surface area contributed by atoms with Gasteiger partial charge in [-0.2, -0.15) is 0 Å². The Morgan fingerprint density at radius 1 is 0.742 bits per heavy atom. The van der Waals surface area contributed by atoms with Gasteiger partial charge in [0.15, 0.2) is 0 Å². The molecule has 0 saturated heterocycles. The summed E-state index contributed by atoms with van der Waals surface area (Å²) in [4.78, 5) is 0. The molecule has 0 bridgehead atoms. The lowest BCUT2D eigenvalue weighted by Gasteiger charge is -2.32. The van der Waals surface area contributed by atoms with Crippen LogP contribution in [0.1, 0.15) is 19.4 Å². The molecule has 156 valence electrons. The average Bonchev–Trinajstić information content (AvgIpc) is 2.78. The molecule has 0 aromatic heterocycles. The molecule has 2 aliphatic heterocycles. The zero-order valence-corrected chi connectivity index (χ0v) is 19.6. The topological polar surface area (TPSA) is 52.6 Å². The maximum Gasteiger partial charge on any atom is 0.344 e. The highest BCUT2D eigenvalue weighted by atomic mass is 33.1. The Bertz CT molecular complexity index is 1360. The van der Waals surface area contributed by atoms with Gasteiger partial charge in [-0.3, -0.25) is 9.13 Å². The van der Waals surface area contributed by atoms with Crippen molar-refractivity contribution in [2.45, 2.75) is 13.8 Å². The van der Waals surface area contributed by atoms with Gasteiger partial charge in [0.2, 0.25) is 0 Å². The zero-order valence-electron chi connectivity index (χ0n) is 17.0. The van der Waals surface area contributed by atoms with Gasteiger partial charge in [0, 0.05) is 11.1 Å². The van der Waals surface area contributed by atoms with E-state index in [1.165, 1.54) is 0 Å². The maximum atomic E-state index is 14.3. The predicted octanol–water partition coefficient (Wildman–Crippen LogP) is 7.15. The first kappa shape index (κ1) is 20.5.